The second-order valence-electron chi connectivity index (χ2n) is 6.56. The van der Waals surface area contributed by atoms with Crippen molar-refractivity contribution >= 4 is 29.0 Å². The van der Waals surface area contributed by atoms with Crippen LogP contribution < -0.4 is 25.8 Å². The molecule has 0 radical (unpaired) electrons. The Morgan fingerprint density at radius 2 is 1.84 bits per heavy atom. The predicted molar refractivity (Wildman–Crippen MR) is 116 cm³/mol. The van der Waals surface area contributed by atoms with Gasteiger partial charge in [-0.05, 0) is 30.2 Å². The topological polar surface area (TPSA) is 133 Å². The Morgan fingerprint density at radius 1 is 1.06 bits per heavy atom. The van der Waals surface area contributed by atoms with Crippen molar-refractivity contribution in [2.75, 3.05) is 30.6 Å². The maximum absolute atomic E-state index is 12.6. The van der Waals surface area contributed by atoms with E-state index in [1.165, 1.54) is 14.2 Å². The Kier molecular flexibility index (Phi) is 6.71. The number of hydrogen-bond acceptors (Lipinski definition) is 7. The molecule has 2 aromatic carbocycles. The summed E-state index contributed by atoms with van der Waals surface area (Å²) < 4.78 is 11.6. The van der Waals surface area contributed by atoms with Gasteiger partial charge in [0.15, 0.2) is 11.5 Å². The summed E-state index contributed by atoms with van der Waals surface area (Å²) >= 11 is 0. The highest BCUT2D eigenvalue weighted by Crippen LogP contribution is 2.29. The number of nitrogens with zero attached hydrogens (tertiary/aromatic N) is 3. The summed E-state index contributed by atoms with van der Waals surface area (Å²) in [5.41, 5.74) is 8.08. The Hall–Kier alpha value is -4.08. The Labute approximate surface area is 179 Å². The fourth-order valence-electron chi connectivity index (χ4n) is 2.96. The van der Waals surface area contributed by atoms with Crippen LogP contribution in [0.2, 0.25) is 0 Å². The van der Waals surface area contributed by atoms with E-state index in [4.69, 9.17) is 15.2 Å². The Balaban J connectivity index is 1.70. The molecule has 1 heterocycles. The highest BCUT2D eigenvalue weighted by Gasteiger charge is 2.20. The van der Waals surface area contributed by atoms with Gasteiger partial charge in [0.1, 0.15) is 18.0 Å². The molecule has 10 nitrogen and oxygen atoms in total. The van der Waals surface area contributed by atoms with Crippen LogP contribution in [0.3, 0.4) is 0 Å². The van der Waals surface area contributed by atoms with E-state index in [9.17, 15) is 9.59 Å². The standard InChI is InChI=1S/C21H24N6O4/c1-4-13-7-5-6-8-15(13)24-21(29)19-20(22)27(26-25-19)12-18(28)23-16-10-9-14(30-2)11-17(16)31-3/h5-11H,4,12,22H2,1-3H3,(H,23,28)(H,24,29). The number of carbonyl (C=O) groups is 2. The molecular formula is C21H24N6O4. The van der Waals surface area contributed by atoms with Gasteiger partial charge in [-0.3, -0.25) is 9.59 Å². The van der Waals surface area contributed by atoms with E-state index in [1.54, 1.807) is 24.3 Å². The van der Waals surface area contributed by atoms with Gasteiger partial charge in [0.05, 0.1) is 19.9 Å². The van der Waals surface area contributed by atoms with Crippen molar-refractivity contribution in [1.29, 1.82) is 0 Å². The average molecular weight is 424 g/mol. The van der Waals surface area contributed by atoms with Crippen molar-refractivity contribution < 1.29 is 19.1 Å². The van der Waals surface area contributed by atoms with Gasteiger partial charge in [-0.25, -0.2) is 4.68 Å². The van der Waals surface area contributed by atoms with Crippen LogP contribution in [0.1, 0.15) is 23.0 Å². The van der Waals surface area contributed by atoms with Crippen LogP contribution in [0.15, 0.2) is 42.5 Å². The molecule has 162 valence electrons. The molecule has 0 spiro atoms. The Bertz CT molecular complexity index is 1100. The van der Waals surface area contributed by atoms with Gasteiger partial charge in [-0.2, -0.15) is 0 Å². The number of anilines is 3. The largest absolute Gasteiger partial charge is 0.497 e. The summed E-state index contributed by atoms with van der Waals surface area (Å²) in [6.07, 6.45) is 0.758. The number of ether oxygens (including phenoxy) is 2. The summed E-state index contributed by atoms with van der Waals surface area (Å²) in [6, 6.07) is 12.4. The normalized spacial score (nSPS) is 10.4. The smallest absolute Gasteiger partial charge is 0.280 e. The first-order valence-electron chi connectivity index (χ1n) is 9.56. The second-order valence-corrected chi connectivity index (χ2v) is 6.56. The molecule has 10 heteroatoms. The fourth-order valence-corrected chi connectivity index (χ4v) is 2.96. The lowest BCUT2D eigenvalue weighted by molar-refractivity contribution is -0.116. The Morgan fingerprint density at radius 3 is 2.55 bits per heavy atom. The van der Waals surface area contributed by atoms with E-state index in [0.29, 0.717) is 22.9 Å². The molecule has 31 heavy (non-hydrogen) atoms. The molecule has 0 fully saturated rings. The number of para-hydroxylation sites is 1. The monoisotopic (exact) mass is 424 g/mol. The van der Waals surface area contributed by atoms with Crippen molar-refractivity contribution in [1.82, 2.24) is 15.0 Å². The number of nitrogens with two attached hydrogens (primary N) is 1. The molecule has 4 N–H and O–H groups in total. The number of nitrogens with one attached hydrogen (secondary N) is 2. The van der Waals surface area contributed by atoms with Gasteiger partial charge in [0.25, 0.3) is 5.91 Å². The van der Waals surface area contributed by atoms with Crippen molar-refractivity contribution in [3.8, 4) is 11.5 Å². The lowest BCUT2D eigenvalue weighted by Crippen LogP contribution is -2.21. The van der Waals surface area contributed by atoms with Gasteiger partial charge in [0, 0.05) is 11.8 Å². The first-order valence-corrected chi connectivity index (χ1v) is 9.56. The number of rotatable bonds is 8. The third kappa shape index (κ3) is 4.92. The van der Waals surface area contributed by atoms with Gasteiger partial charge in [0.2, 0.25) is 5.91 Å². The number of amides is 2. The van der Waals surface area contributed by atoms with Gasteiger partial charge < -0.3 is 25.8 Å². The lowest BCUT2D eigenvalue weighted by atomic mass is 10.1. The molecule has 0 bridgehead atoms. The van der Waals surface area contributed by atoms with E-state index in [-0.39, 0.29) is 18.1 Å². The predicted octanol–water partition coefficient (Wildman–Crippen LogP) is 2.33. The van der Waals surface area contributed by atoms with Gasteiger partial charge in [-0.1, -0.05) is 30.3 Å². The number of nitrogen functional groups attached to an aromatic ring is 1. The van der Waals surface area contributed by atoms with Crippen LogP contribution in [-0.2, 0) is 17.8 Å². The van der Waals surface area contributed by atoms with Crippen molar-refractivity contribution in [2.45, 2.75) is 19.9 Å². The van der Waals surface area contributed by atoms with Crippen LogP contribution in [0.4, 0.5) is 17.2 Å². The molecule has 3 rings (SSSR count). The fraction of sp³-hybridized carbons (Fsp3) is 0.238. The van der Waals surface area contributed by atoms with Gasteiger partial charge >= 0.3 is 0 Å². The van der Waals surface area contributed by atoms with E-state index < -0.39 is 11.8 Å². The average Bonchev–Trinajstić information content (AvgIpc) is 3.14. The van der Waals surface area contributed by atoms with E-state index in [0.717, 1.165) is 16.7 Å². The first-order chi connectivity index (χ1) is 15.0. The number of aryl methyl sites for hydroxylation is 1. The molecule has 3 aromatic rings. The molecule has 0 aliphatic rings. The van der Waals surface area contributed by atoms with Crippen LogP contribution in [0, 0.1) is 0 Å². The zero-order valence-corrected chi connectivity index (χ0v) is 17.5. The summed E-state index contributed by atoms with van der Waals surface area (Å²) in [7, 11) is 3.02. The summed E-state index contributed by atoms with van der Waals surface area (Å²) in [5.74, 6) is 0.109. The number of carbonyl (C=O) groups excluding carboxylic acids is 2. The van der Waals surface area contributed by atoms with E-state index in [1.807, 2.05) is 25.1 Å². The minimum absolute atomic E-state index is 0.0108. The van der Waals surface area contributed by atoms with Crippen molar-refractivity contribution in [3.05, 3.63) is 53.7 Å². The summed E-state index contributed by atoms with van der Waals surface area (Å²) in [4.78, 5) is 25.1. The van der Waals surface area contributed by atoms with Crippen LogP contribution in [0.25, 0.3) is 0 Å². The number of methoxy groups -OCH3 is 2. The van der Waals surface area contributed by atoms with Crippen LogP contribution in [0.5, 0.6) is 11.5 Å². The van der Waals surface area contributed by atoms with Crippen LogP contribution >= 0.6 is 0 Å². The maximum atomic E-state index is 12.6. The number of hydrogen-bond donors (Lipinski definition) is 3. The van der Waals surface area contributed by atoms with E-state index >= 15 is 0 Å². The summed E-state index contributed by atoms with van der Waals surface area (Å²) in [5, 5.41) is 13.2. The molecule has 0 aliphatic carbocycles. The molecule has 0 unspecified atom stereocenters. The SMILES string of the molecule is CCc1ccccc1NC(=O)c1nnn(CC(=O)Nc2ccc(OC)cc2OC)c1N. The lowest BCUT2D eigenvalue weighted by Gasteiger charge is -2.12. The van der Waals surface area contributed by atoms with E-state index in [2.05, 4.69) is 20.9 Å². The quantitative estimate of drug-likeness (QED) is 0.505. The van der Waals surface area contributed by atoms with Crippen LogP contribution in [-0.4, -0.2) is 41.0 Å². The summed E-state index contributed by atoms with van der Waals surface area (Å²) in [6.45, 7) is 1.76. The molecular weight excluding hydrogens is 400 g/mol. The molecule has 0 aliphatic heterocycles. The van der Waals surface area contributed by atoms with Gasteiger partial charge in [-0.15, -0.1) is 5.10 Å². The minimum atomic E-state index is -0.498. The number of aromatic nitrogens is 3. The zero-order chi connectivity index (χ0) is 22.4. The third-order valence-corrected chi connectivity index (χ3v) is 4.61. The zero-order valence-electron chi connectivity index (χ0n) is 17.5. The molecule has 0 saturated carbocycles. The highest BCUT2D eigenvalue weighted by atomic mass is 16.5. The molecule has 0 saturated heterocycles. The minimum Gasteiger partial charge on any atom is -0.497 e. The highest BCUT2D eigenvalue weighted by molar-refractivity contribution is 6.06. The molecule has 0 atom stereocenters. The number of benzene rings is 2. The van der Waals surface area contributed by atoms with Crippen molar-refractivity contribution in [2.24, 2.45) is 0 Å². The maximum Gasteiger partial charge on any atom is 0.280 e. The molecule has 2 amide bonds. The second kappa shape index (κ2) is 9.61. The third-order valence-electron chi connectivity index (χ3n) is 4.61. The van der Waals surface area contributed by atoms with Crippen molar-refractivity contribution in [3.63, 3.8) is 0 Å². The molecule has 1 aromatic heterocycles. The first kappa shape index (κ1) is 21.6.